The predicted octanol–water partition coefficient (Wildman–Crippen LogP) is 3.81. The van der Waals surface area contributed by atoms with Crippen LogP contribution in [0.25, 0.3) is 22.0 Å². The zero-order valence-corrected chi connectivity index (χ0v) is 19.2. The van der Waals surface area contributed by atoms with Gasteiger partial charge in [-0.1, -0.05) is 12.1 Å². The van der Waals surface area contributed by atoms with Crippen LogP contribution in [0.1, 0.15) is 35.2 Å². The van der Waals surface area contributed by atoms with E-state index in [0.717, 1.165) is 36.3 Å². The van der Waals surface area contributed by atoms with Crippen LogP contribution in [-0.2, 0) is 11.2 Å². The van der Waals surface area contributed by atoms with Crippen molar-refractivity contribution in [3.63, 3.8) is 0 Å². The van der Waals surface area contributed by atoms with Crippen LogP contribution in [0.2, 0.25) is 0 Å². The molecule has 0 bridgehead atoms. The van der Waals surface area contributed by atoms with Gasteiger partial charge in [0.15, 0.2) is 0 Å². The van der Waals surface area contributed by atoms with Gasteiger partial charge in [-0.25, -0.2) is 4.39 Å². The van der Waals surface area contributed by atoms with Gasteiger partial charge in [-0.3, -0.25) is 14.6 Å². The summed E-state index contributed by atoms with van der Waals surface area (Å²) in [6, 6.07) is 15.1. The number of nitrogens with one attached hydrogen (secondary N) is 1. The Balaban J connectivity index is 1.36. The number of fused-ring (bicyclic) bond motifs is 2. The van der Waals surface area contributed by atoms with E-state index in [4.69, 9.17) is 10.00 Å². The maximum Gasteiger partial charge on any atom is 0.252 e. The average Bonchev–Trinajstić information content (AvgIpc) is 3.26. The first-order chi connectivity index (χ1) is 17.0. The lowest BCUT2D eigenvalue weighted by Gasteiger charge is -2.22. The first-order valence-electron chi connectivity index (χ1n) is 11.8. The van der Waals surface area contributed by atoms with Crippen molar-refractivity contribution in [2.75, 3.05) is 19.7 Å². The van der Waals surface area contributed by atoms with Crippen LogP contribution in [0.15, 0.2) is 48.7 Å². The molecule has 0 saturated carbocycles. The lowest BCUT2D eigenvalue weighted by molar-refractivity contribution is -0.131. The second-order valence-corrected chi connectivity index (χ2v) is 8.94. The molecule has 1 aromatic heterocycles. The highest BCUT2D eigenvalue weighted by atomic mass is 19.1. The van der Waals surface area contributed by atoms with Gasteiger partial charge in [0.05, 0.1) is 43.3 Å². The zero-order valence-electron chi connectivity index (χ0n) is 19.2. The molecule has 2 unspecified atom stereocenters. The number of hydrogen-bond donors (Lipinski definition) is 1. The monoisotopic (exact) mass is 472 g/mol. The molecular weight excluding hydrogens is 447 g/mol. The highest BCUT2D eigenvalue weighted by molar-refractivity contribution is 6.07. The number of amides is 2. The van der Waals surface area contributed by atoms with Crippen molar-refractivity contribution in [2.45, 2.75) is 37.9 Å². The van der Waals surface area contributed by atoms with Crippen LogP contribution < -0.4 is 10.1 Å². The number of pyridine rings is 1. The van der Waals surface area contributed by atoms with E-state index in [0.29, 0.717) is 16.5 Å². The van der Waals surface area contributed by atoms with Crippen molar-refractivity contribution < 1.29 is 18.7 Å². The molecule has 178 valence electrons. The fourth-order valence-corrected chi connectivity index (χ4v) is 4.88. The van der Waals surface area contributed by atoms with Crippen molar-refractivity contribution >= 4 is 22.7 Å². The van der Waals surface area contributed by atoms with Crippen LogP contribution in [0.3, 0.4) is 0 Å². The Morgan fingerprint density at radius 1 is 1.20 bits per heavy atom. The molecule has 0 spiro atoms. The normalized spacial score (nSPS) is 19.0. The van der Waals surface area contributed by atoms with E-state index in [1.54, 1.807) is 12.3 Å². The quantitative estimate of drug-likeness (QED) is 0.609. The van der Waals surface area contributed by atoms with Gasteiger partial charge in [0, 0.05) is 24.0 Å². The predicted molar refractivity (Wildman–Crippen MR) is 129 cm³/mol. The third kappa shape index (κ3) is 4.67. The molecule has 3 heterocycles. The molecule has 8 heteroatoms. The maximum absolute atomic E-state index is 13.8. The Bertz CT molecular complexity index is 1340. The Morgan fingerprint density at radius 2 is 2.03 bits per heavy atom. The summed E-state index contributed by atoms with van der Waals surface area (Å²) in [4.78, 5) is 31.4. The molecule has 5 rings (SSSR count). The fourth-order valence-electron chi connectivity index (χ4n) is 4.88. The summed E-state index contributed by atoms with van der Waals surface area (Å²) < 4.78 is 19.5. The van der Waals surface area contributed by atoms with Crippen molar-refractivity contribution in [1.82, 2.24) is 15.2 Å². The lowest BCUT2D eigenvalue weighted by Crippen LogP contribution is -2.42. The molecule has 2 aromatic carbocycles. The first-order valence-corrected chi connectivity index (χ1v) is 11.8. The Morgan fingerprint density at radius 3 is 2.89 bits per heavy atom. The van der Waals surface area contributed by atoms with E-state index < -0.39 is 24.0 Å². The summed E-state index contributed by atoms with van der Waals surface area (Å²) >= 11 is 0. The molecule has 2 aliphatic heterocycles. The van der Waals surface area contributed by atoms with Crippen LogP contribution in [-0.4, -0.2) is 53.6 Å². The van der Waals surface area contributed by atoms with Gasteiger partial charge in [0.2, 0.25) is 5.91 Å². The number of aryl methyl sites for hydroxylation is 1. The topological polar surface area (TPSA) is 95.3 Å². The molecule has 35 heavy (non-hydrogen) atoms. The van der Waals surface area contributed by atoms with Crippen LogP contribution in [0.4, 0.5) is 4.39 Å². The number of halogens is 1. The van der Waals surface area contributed by atoms with E-state index in [1.807, 2.05) is 36.4 Å². The number of carbonyl (C=O) groups excluding carboxylic acids is 2. The number of aromatic nitrogens is 1. The molecule has 2 atom stereocenters. The lowest BCUT2D eigenvalue weighted by atomic mass is 9.97. The number of nitriles is 1. The van der Waals surface area contributed by atoms with E-state index >= 15 is 0 Å². The standard InChI is InChI=1S/C27H25FN4O3/c28-20-14-21(7-9-29)32(16-20)26(33)15-31-27(34)22-8-10-30-24-5-3-18(13-23(22)24)17-4-6-25-19(12-17)2-1-11-35-25/h3-6,8,10,12-13,20-21H,1-2,7,11,14-16H2,(H,31,34). The zero-order chi connectivity index (χ0) is 24.4. The molecule has 0 aliphatic carbocycles. The van der Waals surface area contributed by atoms with E-state index in [9.17, 15) is 14.0 Å². The highest BCUT2D eigenvalue weighted by Crippen LogP contribution is 2.32. The summed E-state index contributed by atoms with van der Waals surface area (Å²) in [5, 5.41) is 12.3. The summed E-state index contributed by atoms with van der Waals surface area (Å²) in [7, 11) is 0. The summed E-state index contributed by atoms with van der Waals surface area (Å²) in [5.41, 5.74) is 4.23. The summed E-state index contributed by atoms with van der Waals surface area (Å²) in [5.74, 6) is 0.116. The SMILES string of the molecule is N#CCC1CC(F)CN1C(=O)CNC(=O)c1ccnc2ccc(-c3ccc4c(c3)CCCO4)cc12. The number of benzene rings is 2. The molecular formula is C27H25FN4O3. The van der Waals surface area contributed by atoms with Crippen molar-refractivity contribution in [2.24, 2.45) is 0 Å². The van der Waals surface area contributed by atoms with Crippen molar-refractivity contribution in [3.05, 3.63) is 59.8 Å². The van der Waals surface area contributed by atoms with Crippen LogP contribution in [0, 0.1) is 11.3 Å². The minimum atomic E-state index is -1.15. The molecule has 7 nitrogen and oxygen atoms in total. The fraction of sp³-hybridized carbons (Fsp3) is 0.333. The molecule has 3 aromatic rings. The third-order valence-electron chi connectivity index (χ3n) is 6.64. The number of alkyl halides is 1. The molecule has 2 amide bonds. The number of likely N-dealkylation sites (tertiary alicyclic amines) is 1. The minimum absolute atomic E-state index is 0.0472. The van der Waals surface area contributed by atoms with E-state index in [-0.39, 0.29) is 25.9 Å². The number of carbonyl (C=O) groups is 2. The second kappa shape index (κ2) is 9.71. The molecule has 1 N–H and O–H groups in total. The maximum atomic E-state index is 13.8. The van der Waals surface area contributed by atoms with Gasteiger partial charge in [-0.05, 0) is 59.9 Å². The van der Waals surface area contributed by atoms with Gasteiger partial charge in [-0.15, -0.1) is 0 Å². The molecule has 0 radical (unpaired) electrons. The van der Waals surface area contributed by atoms with Gasteiger partial charge >= 0.3 is 0 Å². The van der Waals surface area contributed by atoms with Gasteiger partial charge in [0.25, 0.3) is 5.91 Å². The number of ether oxygens (including phenoxy) is 1. The van der Waals surface area contributed by atoms with Gasteiger partial charge < -0.3 is 15.0 Å². The largest absolute Gasteiger partial charge is 0.493 e. The van der Waals surface area contributed by atoms with Crippen molar-refractivity contribution in [1.29, 1.82) is 5.26 Å². The van der Waals surface area contributed by atoms with Crippen LogP contribution in [0.5, 0.6) is 5.75 Å². The smallest absolute Gasteiger partial charge is 0.252 e. The van der Waals surface area contributed by atoms with Gasteiger partial charge in [0.1, 0.15) is 11.9 Å². The van der Waals surface area contributed by atoms with Gasteiger partial charge in [-0.2, -0.15) is 5.26 Å². The van der Waals surface area contributed by atoms with E-state index in [2.05, 4.69) is 16.4 Å². The molecule has 1 saturated heterocycles. The van der Waals surface area contributed by atoms with Crippen LogP contribution >= 0.6 is 0 Å². The number of hydrogen-bond acceptors (Lipinski definition) is 5. The summed E-state index contributed by atoms with van der Waals surface area (Å²) in [6.07, 6.45) is 2.60. The second-order valence-electron chi connectivity index (χ2n) is 8.94. The Hall–Kier alpha value is -3.99. The van der Waals surface area contributed by atoms with Crippen molar-refractivity contribution in [3.8, 4) is 22.9 Å². The number of rotatable bonds is 5. The Kier molecular flexibility index (Phi) is 6.32. The minimum Gasteiger partial charge on any atom is -0.493 e. The average molecular weight is 473 g/mol. The molecule has 1 fully saturated rings. The first kappa shape index (κ1) is 22.8. The van der Waals surface area contributed by atoms with E-state index in [1.165, 1.54) is 10.5 Å². The Labute approximate surface area is 202 Å². The molecule has 2 aliphatic rings. The third-order valence-corrected chi connectivity index (χ3v) is 6.64. The number of nitrogens with zero attached hydrogens (tertiary/aromatic N) is 3. The highest BCUT2D eigenvalue weighted by Gasteiger charge is 2.35. The summed E-state index contributed by atoms with van der Waals surface area (Å²) in [6.45, 7) is 0.427.